The SMILES string of the molecule is CC(C)(C)OC(=O)N1CCCC[C@@H]1[C@@H](O)CCO. The summed E-state index contributed by atoms with van der Waals surface area (Å²) in [5.74, 6) is 0. The fraction of sp³-hybridized carbons (Fsp3) is 0.923. The highest BCUT2D eigenvalue weighted by molar-refractivity contribution is 5.68. The van der Waals surface area contributed by atoms with Gasteiger partial charge in [0, 0.05) is 13.2 Å². The summed E-state index contributed by atoms with van der Waals surface area (Å²) < 4.78 is 5.35. The molecular formula is C13H25NO4. The average molecular weight is 259 g/mol. The van der Waals surface area contributed by atoms with Gasteiger partial charge in [0.1, 0.15) is 5.60 Å². The predicted octanol–water partition coefficient (Wildman–Crippen LogP) is 1.52. The molecule has 5 heteroatoms. The van der Waals surface area contributed by atoms with Crippen LogP contribution in [0.4, 0.5) is 4.79 Å². The first-order valence-corrected chi connectivity index (χ1v) is 6.63. The number of rotatable bonds is 3. The van der Waals surface area contributed by atoms with E-state index < -0.39 is 11.7 Å². The van der Waals surface area contributed by atoms with Crippen molar-refractivity contribution in [2.45, 2.75) is 64.2 Å². The van der Waals surface area contributed by atoms with E-state index in [-0.39, 0.29) is 18.7 Å². The van der Waals surface area contributed by atoms with Crippen molar-refractivity contribution in [1.82, 2.24) is 4.90 Å². The summed E-state index contributed by atoms with van der Waals surface area (Å²) in [5.41, 5.74) is -0.527. The lowest BCUT2D eigenvalue weighted by atomic mass is 9.96. The molecule has 0 aromatic carbocycles. The lowest BCUT2D eigenvalue weighted by Gasteiger charge is -2.39. The molecule has 1 rings (SSSR count). The normalized spacial score (nSPS) is 22.7. The molecule has 18 heavy (non-hydrogen) atoms. The highest BCUT2D eigenvalue weighted by Crippen LogP contribution is 2.23. The van der Waals surface area contributed by atoms with Gasteiger partial charge in [-0.15, -0.1) is 0 Å². The number of piperidine rings is 1. The molecule has 0 unspecified atom stereocenters. The van der Waals surface area contributed by atoms with Crippen LogP contribution in [-0.4, -0.2) is 52.1 Å². The van der Waals surface area contributed by atoms with Gasteiger partial charge >= 0.3 is 6.09 Å². The van der Waals surface area contributed by atoms with E-state index >= 15 is 0 Å². The number of ether oxygens (including phenoxy) is 1. The Labute approximate surface area is 109 Å². The van der Waals surface area contributed by atoms with Gasteiger partial charge < -0.3 is 19.8 Å². The maximum Gasteiger partial charge on any atom is 0.410 e. The van der Waals surface area contributed by atoms with Crippen molar-refractivity contribution in [2.75, 3.05) is 13.2 Å². The van der Waals surface area contributed by atoms with Crippen LogP contribution in [0.1, 0.15) is 46.5 Å². The van der Waals surface area contributed by atoms with Gasteiger partial charge in [-0.25, -0.2) is 4.79 Å². The van der Waals surface area contributed by atoms with E-state index in [1.54, 1.807) is 4.90 Å². The zero-order valence-corrected chi connectivity index (χ0v) is 11.6. The van der Waals surface area contributed by atoms with Crippen molar-refractivity contribution >= 4 is 6.09 Å². The number of hydrogen-bond acceptors (Lipinski definition) is 4. The molecule has 0 aromatic rings. The number of aliphatic hydroxyl groups is 2. The molecule has 0 bridgehead atoms. The Hall–Kier alpha value is -0.810. The molecule has 1 heterocycles. The molecule has 1 saturated heterocycles. The van der Waals surface area contributed by atoms with Gasteiger partial charge in [-0.1, -0.05) is 0 Å². The molecule has 0 saturated carbocycles. The zero-order chi connectivity index (χ0) is 13.8. The Kier molecular flexibility index (Phi) is 5.41. The largest absolute Gasteiger partial charge is 0.444 e. The summed E-state index contributed by atoms with van der Waals surface area (Å²) in [6.45, 7) is 6.03. The molecule has 1 aliphatic rings. The van der Waals surface area contributed by atoms with Gasteiger partial charge in [-0.3, -0.25) is 0 Å². The first-order chi connectivity index (χ1) is 8.35. The third-order valence-electron chi connectivity index (χ3n) is 3.05. The van der Waals surface area contributed by atoms with E-state index in [1.165, 1.54) is 0 Å². The summed E-state index contributed by atoms with van der Waals surface area (Å²) in [6.07, 6.45) is 1.94. The van der Waals surface area contributed by atoms with E-state index in [4.69, 9.17) is 9.84 Å². The predicted molar refractivity (Wildman–Crippen MR) is 68.3 cm³/mol. The summed E-state index contributed by atoms with van der Waals surface area (Å²) in [7, 11) is 0. The maximum absolute atomic E-state index is 12.1. The van der Waals surface area contributed by atoms with Crippen molar-refractivity contribution in [3.8, 4) is 0 Å². The third-order valence-corrected chi connectivity index (χ3v) is 3.05. The Bertz CT molecular complexity index is 275. The molecule has 1 aliphatic heterocycles. The van der Waals surface area contributed by atoms with Crippen LogP contribution in [0, 0.1) is 0 Å². The Morgan fingerprint density at radius 2 is 2.11 bits per heavy atom. The highest BCUT2D eigenvalue weighted by atomic mass is 16.6. The number of likely N-dealkylation sites (tertiary alicyclic amines) is 1. The molecule has 5 nitrogen and oxygen atoms in total. The minimum absolute atomic E-state index is 0.0696. The standard InChI is InChI=1S/C13H25NO4/c1-13(2,3)18-12(17)14-8-5-4-6-10(14)11(16)7-9-15/h10-11,15-16H,4-9H2,1-3H3/t10-,11+/m1/s1. The van der Waals surface area contributed by atoms with Gasteiger partial charge in [0.25, 0.3) is 0 Å². The number of amides is 1. The van der Waals surface area contributed by atoms with E-state index in [1.807, 2.05) is 20.8 Å². The second-order valence-electron chi connectivity index (χ2n) is 5.82. The van der Waals surface area contributed by atoms with Crippen LogP contribution >= 0.6 is 0 Å². The van der Waals surface area contributed by atoms with Crippen molar-refractivity contribution in [3.63, 3.8) is 0 Å². The van der Waals surface area contributed by atoms with Gasteiger partial charge in [-0.05, 0) is 46.5 Å². The van der Waals surface area contributed by atoms with Gasteiger partial charge in [-0.2, -0.15) is 0 Å². The molecule has 1 amide bonds. The summed E-state index contributed by atoms with van der Waals surface area (Å²) in [6, 6.07) is -0.235. The van der Waals surface area contributed by atoms with E-state index in [0.29, 0.717) is 13.0 Å². The van der Waals surface area contributed by atoms with Crippen LogP contribution in [0.3, 0.4) is 0 Å². The average Bonchev–Trinajstić information content (AvgIpc) is 2.27. The lowest BCUT2D eigenvalue weighted by Crippen LogP contribution is -2.51. The van der Waals surface area contributed by atoms with Crippen LogP contribution in [0.15, 0.2) is 0 Å². The molecule has 0 aliphatic carbocycles. The van der Waals surface area contributed by atoms with E-state index in [0.717, 1.165) is 19.3 Å². The summed E-state index contributed by atoms with van der Waals surface area (Å²) in [4.78, 5) is 13.7. The molecule has 0 aromatic heterocycles. The molecule has 2 N–H and O–H groups in total. The van der Waals surface area contributed by atoms with Crippen LogP contribution in [0.2, 0.25) is 0 Å². The molecule has 2 atom stereocenters. The zero-order valence-electron chi connectivity index (χ0n) is 11.6. The quantitative estimate of drug-likeness (QED) is 0.806. The molecule has 106 valence electrons. The Morgan fingerprint density at radius 3 is 2.67 bits per heavy atom. The topological polar surface area (TPSA) is 70.0 Å². The number of hydrogen-bond donors (Lipinski definition) is 2. The van der Waals surface area contributed by atoms with Gasteiger partial charge in [0.05, 0.1) is 12.1 Å². The second kappa shape index (κ2) is 6.38. The molecular weight excluding hydrogens is 234 g/mol. The fourth-order valence-corrected chi connectivity index (χ4v) is 2.23. The lowest BCUT2D eigenvalue weighted by molar-refractivity contribution is -0.0210. The Balaban J connectivity index is 2.67. The number of carbonyl (C=O) groups excluding carboxylic acids is 1. The van der Waals surface area contributed by atoms with Crippen LogP contribution < -0.4 is 0 Å². The smallest absolute Gasteiger partial charge is 0.410 e. The summed E-state index contributed by atoms with van der Waals surface area (Å²) >= 11 is 0. The number of carbonyl (C=O) groups is 1. The van der Waals surface area contributed by atoms with E-state index in [9.17, 15) is 9.90 Å². The first-order valence-electron chi connectivity index (χ1n) is 6.63. The fourth-order valence-electron chi connectivity index (χ4n) is 2.23. The number of nitrogens with zero attached hydrogens (tertiary/aromatic N) is 1. The van der Waals surface area contributed by atoms with Gasteiger partial charge in [0.2, 0.25) is 0 Å². The highest BCUT2D eigenvalue weighted by Gasteiger charge is 2.34. The third kappa shape index (κ3) is 4.46. The Morgan fingerprint density at radius 1 is 1.44 bits per heavy atom. The molecule has 0 spiro atoms. The summed E-state index contributed by atoms with van der Waals surface area (Å²) in [5, 5.41) is 18.9. The van der Waals surface area contributed by atoms with Crippen LogP contribution in [0.25, 0.3) is 0 Å². The molecule has 1 fully saturated rings. The maximum atomic E-state index is 12.1. The number of aliphatic hydroxyl groups excluding tert-OH is 2. The second-order valence-corrected chi connectivity index (χ2v) is 5.82. The van der Waals surface area contributed by atoms with Crippen molar-refractivity contribution in [2.24, 2.45) is 0 Å². The van der Waals surface area contributed by atoms with Gasteiger partial charge in [0.15, 0.2) is 0 Å². The van der Waals surface area contributed by atoms with Crippen molar-refractivity contribution in [3.05, 3.63) is 0 Å². The van der Waals surface area contributed by atoms with Crippen molar-refractivity contribution < 1.29 is 19.7 Å². The monoisotopic (exact) mass is 259 g/mol. The minimum Gasteiger partial charge on any atom is -0.444 e. The minimum atomic E-state index is -0.678. The molecule has 0 radical (unpaired) electrons. The van der Waals surface area contributed by atoms with Crippen LogP contribution in [-0.2, 0) is 4.74 Å². The van der Waals surface area contributed by atoms with E-state index in [2.05, 4.69) is 0 Å². The van der Waals surface area contributed by atoms with Crippen molar-refractivity contribution in [1.29, 1.82) is 0 Å². The van der Waals surface area contributed by atoms with Crippen LogP contribution in [0.5, 0.6) is 0 Å². The first kappa shape index (κ1) is 15.2.